The van der Waals surface area contributed by atoms with Gasteiger partial charge in [0.05, 0.1) is 28.6 Å². The number of methoxy groups -OCH3 is 1. The van der Waals surface area contributed by atoms with Gasteiger partial charge in [-0.05, 0) is 31.1 Å². The molecule has 36 heavy (non-hydrogen) atoms. The first kappa shape index (κ1) is 26.4. The number of nitro groups is 1. The summed E-state index contributed by atoms with van der Waals surface area (Å²) < 4.78 is 15.8. The molecule has 0 amide bonds. The maximum atomic E-state index is 13.3. The number of ether oxygens (including phenoxy) is 3. The zero-order valence-electron chi connectivity index (χ0n) is 20.4. The van der Waals surface area contributed by atoms with Crippen molar-refractivity contribution < 1.29 is 28.7 Å². The van der Waals surface area contributed by atoms with Crippen LogP contribution in [0.4, 0.5) is 5.69 Å². The van der Waals surface area contributed by atoms with Crippen LogP contribution >= 0.6 is 0 Å². The molecule has 2 aromatic carbocycles. The molecule has 0 aliphatic carbocycles. The Hall–Kier alpha value is -4.24. The third-order valence-corrected chi connectivity index (χ3v) is 5.56. The van der Waals surface area contributed by atoms with Gasteiger partial charge in [0.15, 0.2) is 0 Å². The molecule has 0 aromatic heterocycles. The predicted molar refractivity (Wildman–Crippen MR) is 134 cm³/mol. The number of carbonyl (C=O) groups excluding carboxylic acids is 2. The van der Waals surface area contributed by atoms with Crippen molar-refractivity contribution in [2.75, 3.05) is 26.9 Å². The number of rotatable bonds is 10. The molecule has 0 unspecified atom stereocenters. The third-order valence-electron chi connectivity index (χ3n) is 5.56. The Kier molecular flexibility index (Phi) is 9.13. The summed E-state index contributed by atoms with van der Waals surface area (Å²) in [4.78, 5) is 37.3. The van der Waals surface area contributed by atoms with E-state index in [2.05, 4.69) is 5.32 Å². The summed E-state index contributed by atoms with van der Waals surface area (Å²) in [7, 11) is 1.48. The number of dihydropyridines is 1. The average molecular weight is 493 g/mol. The zero-order valence-corrected chi connectivity index (χ0v) is 20.4. The van der Waals surface area contributed by atoms with Crippen molar-refractivity contribution >= 4 is 23.7 Å². The normalized spacial score (nSPS) is 15.6. The van der Waals surface area contributed by atoms with Crippen molar-refractivity contribution in [1.82, 2.24) is 5.32 Å². The smallest absolute Gasteiger partial charge is 0.337 e. The fraction of sp³-hybridized carbons (Fsp3) is 0.259. The molecule has 0 radical (unpaired) electrons. The summed E-state index contributed by atoms with van der Waals surface area (Å²) in [6.45, 7) is 3.59. The van der Waals surface area contributed by atoms with Crippen LogP contribution in [0.25, 0.3) is 6.08 Å². The highest BCUT2D eigenvalue weighted by molar-refractivity contribution is 6.00. The summed E-state index contributed by atoms with van der Waals surface area (Å²) in [6, 6.07) is 15.4. The van der Waals surface area contributed by atoms with Gasteiger partial charge >= 0.3 is 11.9 Å². The molecule has 0 spiro atoms. The van der Waals surface area contributed by atoms with Crippen molar-refractivity contribution in [3.63, 3.8) is 0 Å². The molecular formula is C27H28N2O7. The van der Waals surface area contributed by atoms with Crippen LogP contribution in [0.3, 0.4) is 0 Å². The Morgan fingerprint density at radius 3 is 2.28 bits per heavy atom. The number of carbonyl (C=O) groups is 2. The monoisotopic (exact) mass is 492 g/mol. The first-order chi connectivity index (χ1) is 17.3. The van der Waals surface area contributed by atoms with E-state index in [-0.39, 0.29) is 36.7 Å². The van der Waals surface area contributed by atoms with Gasteiger partial charge < -0.3 is 19.5 Å². The maximum absolute atomic E-state index is 13.3. The molecule has 9 heteroatoms. The number of hydrogen-bond acceptors (Lipinski definition) is 8. The van der Waals surface area contributed by atoms with E-state index in [0.717, 1.165) is 5.56 Å². The average Bonchev–Trinajstić information content (AvgIpc) is 2.86. The van der Waals surface area contributed by atoms with E-state index in [1.165, 1.54) is 25.3 Å². The Morgan fingerprint density at radius 2 is 1.64 bits per heavy atom. The molecule has 9 nitrogen and oxygen atoms in total. The molecule has 2 aromatic rings. The van der Waals surface area contributed by atoms with E-state index < -0.39 is 22.8 Å². The third kappa shape index (κ3) is 6.45. The van der Waals surface area contributed by atoms with E-state index in [1.807, 2.05) is 36.4 Å². The Bertz CT molecular complexity index is 1220. The number of benzene rings is 2. The number of non-ortho nitro benzene ring substituents is 1. The van der Waals surface area contributed by atoms with Gasteiger partial charge in [0.25, 0.3) is 5.69 Å². The second-order valence-electron chi connectivity index (χ2n) is 8.03. The van der Waals surface area contributed by atoms with Gasteiger partial charge in [0.2, 0.25) is 0 Å². The van der Waals surface area contributed by atoms with Crippen LogP contribution in [-0.4, -0.2) is 43.8 Å². The minimum atomic E-state index is -0.924. The van der Waals surface area contributed by atoms with E-state index in [1.54, 1.807) is 26.0 Å². The number of nitrogens with one attached hydrogen (secondary N) is 1. The number of nitrogens with zero attached hydrogens (tertiary/aromatic N) is 1. The standard InChI is InChI=1S/C27H28N2O7/c1-18-23(26(30)35-14-8-11-20-9-5-4-6-10-20)25(21-12-7-13-22(17-21)29(32)33)24(19(2)28-18)27(31)36-16-15-34-3/h4-13,17,25,28H,14-16H2,1-3H3/b11-8+/t25-/m0/s1. The first-order valence-electron chi connectivity index (χ1n) is 11.3. The Balaban J connectivity index is 1.94. The molecule has 3 rings (SSSR count). The largest absolute Gasteiger partial charge is 0.460 e. The molecule has 188 valence electrons. The fourth-order valence-corrected chi connectivity index (χ4v) is 3.93. The Morgan fingerprint density at radius 1 is 0.972 bits per heavy atom. The van der Waals surface area contributed by atoms with Crippen LogP contribution in [0.5, 0.6) is 0 Å². The van der Waals surface area contributed by atoms with Crippen LogP contribution in [0.1, 0.15) is 30.9 Å². The molecule has 1 N–H and O–H groups in total. The molecular weight excluding hydrogens is 464 g/mol. The van der Waals surface area contributed by atoms with Crippen molar-refractivity contribution in [2.45, 2.75) is 19.8 Å². The minimum Gasteiger partial charge on any atom is -0.460 e. The van der Waals surface area contributed by atoms with E-state index in [4.69, 9.17) is 14.2 Å². The number of hydrogen-bond donors (Lipinski definition) is 1. The van der Waals surface area contributed by atoms with Crippen LogP contribution in [-0.2, 0) is 23.8 Å². The molecule has 1 aliphatic rings. The summed E-state index contributed by atoms with van der Waals surface area (Å²) in [5, 5.41) is 14.5. The van der Waals surface area contributed by atoms with Crippen LogP contribution in [0, 0.1) is 10.1 Å². The topological polar surface area (TPSA) is 117 Å². The summed E-state index contributed by atoms with van der Waals surface area (Å²) in [6.07, 6.45) is 3.54. The van der Waals surface area contributed by atoms with Crippen molar-refractivity contribution in [3.05, 3.63) is 104 Å². The SMILES string of the molecule is COCCOC(=O)C1=C(C)NC(C)=C(C(=O)OC/C=C/c2ccccc2)[C@@H]1c1cccc([N+](=O)[O-])c1. The van der Waals surface area contributed by atoms with Crippen LogP contribution in [0.2, 0.25) is 0 Å². The molecule has 0 fully saturated rings. The van der Waals surface area contributed by atoms with Gasteiger partial charge in [-0.1, -0.05) is 48.5 Å². The highest BCUT2D eigenvalue weighted by Gasteiger charge is 2.38. The molecule has 1 atom stereocenters. The highest BCUT2D eigenvalue weighted by atomic mass is 16.6. The van der Waals surface area contributed by atoms with E-state index in [9.17, 15) is 19.7 Å². The number of esters is 2. The van der Waals surface area contributed by atoms with Crippen molar-refractivity contribution in [1.29, 1.82) is 0 Å². The predicted octanol–water partition coefficient (Wildman–Crippen LogP) is 4.28. The number of nitro benzene ring substituents is 1. The van der Waals surface area contributed by atoms with Crippen LogP contribution in [0.15, 0.2) is 83.2 Å². The number of allylic oxidation sites excluding steroid dienone is 2. The lowest BCUT2D eigenvalue weighted by Gasteiger charge is -2.30. The van der Waals surface area contributed by atoms with E-state index in [0.29, 0.717) is 17.0 Å². The lowest BCUT2D eigenvalue weighted by molar-refractivity contribution is -0.384. The Labute approximate surface area is 209 Å². The molecule has 1 aliphatic heterocycles. The summed E-state index contributed by atoms with van der Waals surface area (Å²) in [5.41, 5.74) is 2.50. The second kappa shape index (κ2) is 12.5. The van der Waals surface area contributed by atoms with Gasteiger partial charge in [0, 0.05) is 30.6 Å². The molecule has 0 bridgehead atoms. The quantitative estimate of drug-likeness (QED) is 0.226. The van der Waals surface area contributed by atoms with E-state index >= 15 is 0 Å². The lowest BCUT2D eigenvalue weighted by atomic mass is 9.80. The molecule has 0 saturated carbocycles. The lowest BCUT2D eigenvalue weighted by Crippen LogP contribution is -2.32. The van der Waals surface area contributed by atoms with Crippen LogP contribution < -0.4 is 5.32 Å². The molecule has 0 saturated heterocycles. The van der Waals surface area contributed by atoms with Gasteiger partial charge in [-0.25, -0.2) is 9.59 Å². The fourth-order valence-electron chi connectivity index (χ4n) is 3.93. The van der Waals surface area contributed by atoms with Gasteiger partial charge in [-0.15, -0.1) is 0 Å². The van der Waals surface area contributed by atoms with Crippen molar-refractivity contribution in [2.24, 2.45) is 0 Å². The summed E-state index contributed by atoms with van der Waals surface area (Å²) in [5.74, 6) is -2.23. The minimum absolute atomic E-state index is 0.00246. The first-order valence-corrected chi connectivity index (χ1v) is 11.3. The van der Waals surface area contributed by atoms with Crippen molar-refractivity contribution in [3.8, 4) is 0 Å². The van der Waals surface area contributed by atoms with Gasteiger partial charge in [0.1, 0.15) is 13.2 Å². The van der Waals surface area contributed by atoms with Gasteiger partial charge in [-0.2, -0.15) is 0 Å². The summed E-state index contributed by atoms with van der Waals surface area (Å²) >= 11 is 0. The van der Waals surface area contributed by atoms with Gasteiger partial charge in [-0.3, -0.25) is 10.1 Å². The zero-order chi connectivity index (χ0) is 26.1. The molecule has 1 heterocycles. The maximum Gasteiger partial charge on any atom is 0.337 e. The second-order valence-corrected chi connectivity index (χ2v) is 8.03. The highest BCUT2D eigenvalue weighted by Crippen LogP contribution is 2.40.